The van der Waals surface area contributed by atoms with Crippen LogP contribution in [-0.4, -0.2) is 35.7 Å². The molecule has 0 aliphatic heterocycles. The smallest absolute Gasteiger partial charge is 0.115 e. The average Bonchev–Trinajstić information content (AvgIpc) is 3.53. The Kier molecular flexibility index (Phi) is 15.5. The van der Waals surface area contributed by atoms with Gasteiger partial charge in [0.25, 0.3) is 0 Å². The van der Waals surface area contributed by atoms with Crippen LogP contribution in [0, 0.1) is 17.3 Å². The fraction of sp³-hybridized carbons (Fsp3) is 0.333. The molecule has 2 saturated carbocycles. The molecule has 0 atom stereocenters. The van der Waals surface area contributed by atoms with Crippen LogP contribution in [-0.2, 0) is 27.1 Å². The molecule has 79 heavy (non-hydrogen) atoms. The Hall–Kier alpha value is -7.64. The van der Waals surface area contributed by atoms with Gasteiger partial charge in [0.1, 0.15) is 40.2 Å². The SMILES string of the molecule is CC(C)(C1CCC(c2ccc(O)cc2)(c2ccc(O)cc2)CC1)C1CCC(c2ccc(O)cc2)(c2ccc(O)cc2)CC1.CC(C)(c1ccc(O)cc1)c1cc(C(C)(C)c2ccc(O)cc2)cc(C(C)(C)c2ccc(O)cc2)c1. The molecule has 10 rings (SSSR count). The van der Waals surface area contributed by atoms with Gasteiger partial charge in [0.05, 0.1) is 0 Å². The van der Waals surface area contributed by atoms with Gasteiger partial charge in [-0.3, -0.25) is 0 Å². The maximum Gasteiger partial charge on any atom is 0.115 e. The highest BCUT2D eigenvalue weighted by Gasteiger charge is 2.48. The maximum absolute atomic E-state index is 9.99. The van der Waals surface area contributed by atoms with Crippen LogP contribution in [0.5, 0.6) is 40.2 Å². The number of benzene rings is 8. The number of hydrogen-bond acceptors (Lipinski definition) is 7. The van der Waals surface area contributed by atoms with E-state index in [1.807, 2.05) is 36.4 Å². The standard InChI is InChI=1S/C39H44O4.C33H36O3/c1-37(2,27-19-23-38(24-20-27,29-3-11-33(40)12-4-29)30-5-13-34(41)14-6-30)28-21-25-39(26-22-28,31-7-15-35(42)16-8-31)32-9-17-36(43)18-10-32;1-31(2,22-7-13-28(34)14-8-22)25-19-26(32(3,4)23-9-15-29(35)16-10-23)21-27(20-25)33(5,6)24-11-17-30(36)18-12-24/h3-18,27-28,40-43H,19-26H2,1-2H3;7-21,34-36H,1-6H3. The highest BCUT2D eigenvalue weighted by molar-refractivity contribution is 5.52. The quantitative estimate of drug-likeness (QED) is 0.0646. The minimum Gasteiger partial charge on any atom is -0.508 e. The minimum absolute atomic E-state index is 0.132. The largest absolute Gasteiger partial charge is 0.508 e. The molecular formula is C72H80O7. The van der Waals surface area contributed by atoms with Crippen molar-refractivity contribution in [3.8, 4) is 40.2 Å². The van der Waals surface area contributed by atoms with Crippen molar-refractivity contribution in [2.45, 2.75) is 134 Å². The topological polar surface area (TPSA) is 142 Å². The Morgan fingerprint density at radius 1 is 0.266 bits per heavy atom. The lowest BCUT2D eigenvalue weighted by atomic mass is 9.53. The van der Waals surface area contributed by atoms with E-state index < -0.39 is 0 Å². The number of phenols is 7. The van der Waals surface area contributed by atoms with Crippen LogP contribution in [0.25, 0.3) is 0 Å². The van der Waals surface area contributed by atoms with Crippen LogP contribution in [0.4, 0.5) is 0 Å². The molecule has 8 aromatic carbocycles. The molecule has 2 aliphatic rings. The minimum atomic E-state index is -0.311. The highest BCUT2D eigenvalue weighted by atomic mass is 16.3. The Balaban J connectivity index is 0.000000195. The third-order valence-electron chi connectivity index (χ3n) is 19.3. The lowest BCUT2D eigenvalue weighted by molar-refractivity contribution is 0.0364. The van der Waals surface area contributed by atoms with Gasteiger partial charge in [0, 0.05) is 27.1 Å². The summed E-state index contributed by atoms with van der Waals surface area (Å²) in [7, 11) is 0. The molecule has 7 heteroatoms. The zero-order chi connectivity index (χ0) is 56.5. The van der Waals surface area contributed by atoms with Crippen molar-refractivity contribution in [1.29, 1.82) is 0 Å². The molecule has 0 aromatic heterocycles. The summed E-state index contributed by atoms with van der Waals surface area (Å²) in [6, 6.07) is 60.1. The van der Waals surface area contributed by atoms with Gasteiger partial charge in [-0.25, -0.2) is 0 Å². The van der Waals surface area contributed by atoms with Crippen molar-refractivity contribution >= 4 is 0 Å². The molecule has 0 amide bonds. The molecule has 2 fully saturated rings. The zero-order valence-corrected chi connectivity index (χ0v) is 47.3. The summed E-state index contributed by atoms with van der Waals surface area (Å²) in [6.07, 6.45) is 8.67. The molecule has 7 N–H and O–H groups in total. The molecule has 0 bridgehead atoms. The fourth-order valence-corrected chi connectivity index (χ4v) is 13.5. The monoisotopic (exact) mass is 1060 g/mol. The van der Waals surface area contributed by atoms with Gasteiger partial charge in [-0.1, -0.05) is 159 Å². The summed E-state index contributed by atoms with van der Waals surface area (Å²) in [5.41, 5.74) is 10.8. The second-order valence-electron chi connectivity index (χ2n) is 25.0. The van der Waals surface area contributed by atoms with E-state index in [1.54, 1.807) is 84.9 Å². The molecule has 0 radical (unpaired) electrons. The predicted octanol–water partition coefficient (Wildman–Crippen LogP) is 17.0. The lowest BCUT2D eigenvalue weighted by Crippen LogP contribution is -2.43. The number of rotatable bonds is 12. The highest BCUT2D eigenvalue weighted by Crippen LogP contribution is 2.57. The molecule has 410 valence electrons. The van der Waals surface area contributed by atoms with Crippen LogP contribution in [0.2, 0.25) is 0 Å². The van der Waals surface area contributed by atoms with E-state index in [1.165, 1.54) is 38.9 Å². The van der Waals surface area contributed by atoms with Crippen molar-refractivity contribution in [2.75, 3.05) is 0 Å². The maximum atomic E-state index is 9.99. The van der Waals surface area contributed by atoms with Crippen molar-refractivity contribution in [2.24, 2.45) is 17.3 Å². The first-order valence-corrected chi connectivity index (χ1v) is 28.2. The van der Waals surface area contributed by atoms with Crippen LogP contribution in [0.1, 0.15) is 162 Å². The van der Waals surface area contributed by atoms with Crippen LogP contribution in [0.15, 0.2) is 188 Å². The summed E-state index contributed by atoms with van der Waals surface area (Å²) in [4.78, 5) is 0. The lowest BCUT2D eigenvalue weighted by Gasteiger charge is -2.51. The van der Waals surface area contributed by atoms with Crippen LogP contribution >= 0.6 is 0 Å². The van der Waals surface area contributed by atoms with Gasteiger partial charge in [-0.15, -0.1) is 0 Å². The molecule has 0 spiro atoms. The Labute approximate surface area is 468 Å². The molecule has 0 heterocycles. The first kappa shape index (κ1) is 56.1. The average molecular weight is 1060 g/mol. The Morgan fingerprint density at radius 2 is 0.443 bits per heavy atom. The first-order valence-electron chi connectivity index (χ1n) is 28.2. The van der Waals surface area contributed by atoms with E-state index >= 15 is 0 Å². The third kappa shape index (κ3) is 11.3. The zero-order valence-electron chi connectivity index (χ0n) is 47.3. The summed E-state index contributed by atoms with van der Waals surface area (Å²) in [5.74, 6) is 3.12. The predicted molar refractivity (Wildman–Crippen MR) is 319 cm³/mol. The van der Waals surface area contributed by atoms with Crippen molar-refractivity contribution in [1.82, 2.24) is 0 Å². The van der Waals surface area contributed by atoms with E-state index in [0.29, 0.717) is 11.8 Å². The number of hydrogen-bond donors (Lipinski definition) is 7. The first-order chi connectivity index (χ1) is 37.4. The molecule has 0 saturated heterocycles. The normalized spacial score (nSPS) is 16.2. The Morgan fingerprint density at radius 3 is 0.633 bits per heavy atom. The number of aromatic hydroxyl groups is 7. The van der Waals surface area contributed by atoms with Crippen molar-refractivity contribution in [3.63, 3.8) is 0 Å². The van der Waals surface area contributed by atoms with Gasteiger partial charge in [0.15, 0.2) is 0 Å². The summed E-state index contributed by atoms with van der Waals surface area (Å²) >= 11 is 0. The fourth-order valence-electron chi connectivity index (χ4n) is 13.5. The molecule has 0 unspecified atom stereocenters. The second kappa shape index (κ2) is 21.9. The van der Waals surface area contributed by atoms with Crippen molar-refractivity contribution < 1.29 is 35.7 Å². The van der Waals surface area contributed by atoms with Gasteiger partial charge in [0.2, 0.25) is 0 Å². The second-order valence-corrected chi connectivity index (χ2v) is 25.0. The van der Waals surface area contributed by atoms with E-state index in [-0.39, 0.29) is 72.7 Å². The van der Waals surface area contributed by atoms with Crippen molar-refractivity contribution in [3.05, 3.63) is 244 Å². The van der Waals surface area contributed by atoms with E-state index in [0.717, 1.165) is 68.1 Å². The summed E-state index contributed by atoms with van der Waals surface area (Å²) < 4.78 is 0. The third-order valence-corrected chi connectivity index (χ3v) is 19.3. The Bertz CT molecular complexity index is 2910. The molecule has 7 nitrogen and oxygen atoms in total. The van der Waals surface area contributed by atoms with Crippen LogP contribution < -0.4 is 0 Å². The van der Waals surface area contributed by atoms with E-state index in [4.69, 9.17) is 0 Å². The van der Waals surface area contributed by atoms with Gasteiger partial charge < -0.3 is 35.7 Å². The van der Waals surface area contributed by atoms with Gasteiger partial charge in [-0.2, -0.15) is 0 Å². The molecule has 8 aromatic rings. The summed E-state index contributed by atoms with van der Waals surface area (Å²) in [5, 5.41) is 69.5. The van der Waals surface area contributed by atoms with Gasteiger partial charge >= 0.3 is 0 Å². The van der Waals surface area contributed by atoms with E-state index in [2.05, 4.69) is 122 Å². The van der Waals surface area contributed by atoms with E-state index in [9.17, 15) is 35.7 Å². The molecule has 2 aliphatic carbocycles. The van der Waals surface area contributed by atoms with Crippen LogP contribution in [0.3, 0.4) is 0 Å². The molecular weight excluding hydrogens is 977 g/mol. The summed E-state index contributed by atoms with van der Waals surface area (Å²) in [6.45, 7) is 18.3. The van der Waals surface area contributed by atoms with Gasteiger partial charge in [-0.05, 0) is 209 Å². The number of phenolic OH excluding ortho intramolecular Hbond substituents is 7.